The Morgan fingerprint density at radius 1 is 1.40 bits per heavy atom. The van der Waals surface area contributed by atoms with E-state index < -0.39 is 0 Å². The Hall–Kier alpha value is -0.420. The van der Waals surface area contributed by atoms with Gasteiger partial charge in [0.1, 0.15) is 0 Å². The highest BCUT2D eigenvalue weighted by Crippen LogP contribution is 2.37. The molecule has 0 saturated carbocycles. The molecule has 1 fully saturated rings. The van der Waals surface area contributed by atoms with Crippen LogP contribution in [0.15, 0.2) is 23.1 Å². The van der Waals surface area contributed by atoms with Crippen molar-refractivity contribution in [2.24, 2.45) is 0 Å². The average Bonchev–Trinajstić information content (AvgIpc) is 2.93. The number of thioether (sulfide) groups is 1. The summed E-state index contributed by atoms with van der Waals surface area (Å²) in [5.41, 5.74) is 1.16. The molecule has 0 aromatic heterocycles. The lowest BCUT2D eigenvalue weighted by Gasteiger charge is -2.27. The van der Waals surface area contributed by atoms with Crippen molar-refractivity contribution >= 4 is 41.7 Å². The summed E-state index contributed by atoms with van der Waals surface area (Å²) in [5, 5.41) is 7.14. The van der Waals surface area contributed by atoms with E-state index in [4.69, 9.17) is 11.6 Å². The van der Waals surface area contributed by atoms with Crippen LogP contribution in [0.5, 0.6) is 0 Å². The fourth-order valence-electron chi connectivity index (χ4n) is 2.70. The highest BCUT2D eigenvalue weighted by molar-refractivity contribution is 7.99. The third-order valence-electron chi connectivity index (χ3n) is 3.70. The Morgan fingerprint density at radius 2 is 2.25 bits per heavy atom. The minimum atomic E-state index is -0.0165. The van der Waals surface area contributed by atoms with Crippen molar-refractivity contribution in [3.8, 4) is 0 Å². The maximum absolute atomic E-state index is 12.2. The molecule has 1 aromatic carbocycles. The first-order chi connectivity index (χ1) is 9.24. The van der Waals surface area contributed by atoms with Gasteiger partial charge in [-0.25, -0.2) is 0 Å². The van der Waals surface area contributed by atoms with Crippen LogP contribution in [0.2, 0.25) is 5.02 Å². The maximum Gasteiger partial charge on any atom is 0.237 e. The molecular weight excluding hydrogens is 315 g/mol. The van der Waals surface area contributed by atoms with Crippen molar-refractivity contribution < 1.29 is 4.79 Å². The molecule has 3 rings (SSSR count). The van der Waals surface area contributed by atoms with Crippen LogP contribution in [0.1, 0.15) is 30.9 Å². The molecule has 0 radical (unpaired) electrons. The quantitative estimate of drug-likeness (QED) is 0.873. The van der Waals surface area contributed by atoms with E-state index >= 15 is 0 Å². The smallest absolute Gasteiger partial charge is 0.237 e. The zero-order valence-corrected chi connectivity index (χ0v) is 13.4. The number of hydrogen-bond acceptors (Lipinski definition) is 3. The monoisotopic (exact) mass is 332 g/mol. The van der Waals surface area contributed by atoms with Crippen LogP contribution in [0.25, 0.3) is 0 Å². The predicted molar refractivity (Wildman–Crippen MR) is 85.9 cm³/mol. The first kappa shape index (κ1) is 16.0. The number of amides is 1. The van der Waals surface area contributed by atoms with E-state index in [-0.39, 0.29) is 30.4 Å². The van der Waals surface area contributed by atoms with Gasteiger partial charge in [-0.3, -0.25) is 4.79 Å². The summed E-state index contributed by atoms with van der Waals surface area (Å²) in [5.74, 6) is 1.16. The summed E-state index contributed by atoms with van der Waals surface area (Å²) >= 11 is 7.91. The number of nitrogens with one attached hydrogen (secondary N) is 2. The van der Waals surface area contributed by atoms with Gasteiger partial charge >= 0.3 is 0 Å². The highest BCUT2D eigenvalue weighted by Gasteiger charge is 2.27. The van der Waals surface area contributed by atoms with Gasteiger partial charge in [-0.1, -0.05) is 11.6 Å². The molecule has 2 unspecified atom stereocenters. The molecular formula is C14H18Cl2N2OS. The van der Waals surface area contributed by atoms with E-state index in [9.17, 15) is 4.79 Å². The fraction of sp³-hybridized carbons (Fsp3) is 0.500. The normalized spacial score (nSPS) is 24.6. The average molecular weight is 333 g/mol. The summed E-state index contributed by atoms with van der Waals surface area (Å²) < 4.78 is 0. The number of halogens is 2. The second-order valence-corrected chi connectivity index (χ2v) is 6.60. The molecule has 0 aliphatic carbocycles. The summed E-state index contributed by atoms with van der Waals surface area (Å²) in [6, 6.07) is 6.03. The van der Waals surface area contributed by atoms with Gasteiger partial charge in [0.15, 0.2) is 0 Å². The van der Waals surface area contributed by atoms with Crippen LogP contribution < -0.4 is 10.6 Å². The lowest BCUT2D eigenvalue weighted by atomic mass is 10.0. The van der Waals surface area contributed by atoms with Crippen LogP contribution in [0.4, 0.5) is 0 Å². The Morgan fingerprint density at radius 3 is 3.00 bits per heavy atom. The van der Waals surface area contributed by atoms with E-state index in [2.05, 4.69) is 16.7 Å². The minimum absolute atomic E-state index is 0. The van der Waals surface area contributed by atoms with Gasteiger partial charge in [0.05, 0.1) is 12.1 Å². The van der Waals surface area contributed by atoms with Gasteiger partial charge in [0, 0.05) is 15.7 Å². The molecule has 6 heteroatoms. The van der Waals surface area contributed by atoms with Crippen LogP contribution >= 0.6 is 35.8 Å². The first-order valence-electron chi connectivity index (χ1n) is 6.70. The van der Waals surface area contributed by atoms with E-state index in [0.717, 1.165) is 42.1 Å². The summed E-state index contributed by atoms with van der Waals surface area (Å²) in [7, 11) is 0. The Labute approximate surface area is 134 Å². The van der Waals surface area contributed by atoms with Crippen molar-refractivity contribution in [2.75, 3.05) is 12.3 Å². The minimum Gasteiger partial charge on any atom is -0.348 e. The second-order valence-electron chi connectivity index (χ2n) is 5.03. The summed E-state index contributed by atoms with van der Waals surface area (Å²) in [6.07, 6.45) is 2.99. The first-order valence-corrected chi connectivity index (χ1v) is 8.06. The predicted octanol–water partition coefficient (Wildman–Crippen LogP) is 3.17. The van der Waals surface area contributed by atoms with E-state index in [1.165, 1.54) is 4.90 Å². The molecule has 20 heavy (non-hydrogen) atoms. The van der Waals surface area contributed by atoms with E-state index in [1.54, 1.807) is 0 Å². The number of benzene rings is 1. The van der Waals surface area contributed by atoms with Gasteiger partial charge in [-0.15, -0.1) is 24.2 Å². The number of fused-ring (bicyclic) bond motifs is 1. The van der Waals surface area contributed by atoms with Gasteiger partial charge < -0.3 is 10.6 Å². The highest BCUT2D eigenvalue weighted by atomic mass is 35.5. The van der Waals surface area contributed by atoms with Crippen molar-refractivity contribution in [1.82, 2.24) is 10.6 Å². The van der Waals surface area contributed by atoms with Gasteiger partial charge in [0.2, 0.25) is 5.91 Å². The topological polar surface area (TPSA) is 41.1 Å². The van der Waals surface area contributed by atoms with Crippen molar-refractivity contribution in [2.45, 2.75) is 36.2 Å². The Bertz CT molecular complexity index is 492. The molecule has 2 N–H and O–H groups in total. The zero-order valence-electron chi connectivity index (χ0n) is 11.0. The molecule has 2 aliphatic heterocycles. The van der Waals surface area contributed by atoms with Crippen LogP contribution in [-0.2, 0) is 4.79 Å². The molecule has 110 valence electrons. The zero-order chi connectivity index (χ0) is 13.2. The third-order valence-corrected chi connectivity index (χ3v) is 5.06. The molecule has 2 heterocycles. The van der Waals surface area contributed by atoms with Crippen LogP contribution in [-0.4, -0.2) is 24.2 Å². The van der Waals surface area contributed by atoms with Crippen molar-refractivity contribution in [3.05, 3.63) is 28.8 Å². The van der Waals surface area contributed by atoms with Crippen molar-refractivity contribution in [1.29, 1.82) is 0 Å². The number of hydrogen-bond donors (Lipinski definition) is 2. The van der Waals surface area contributed by atoms with Gasteiger partial charge in [-0.2, -0.15) is 0 Å². The SMILES string of the molecule is Cl.O=C(NC1CCSc2ccc(Cl)cc21)C1CCCN1. The number of rotatable bonds is 2. The number of carbonyl (C=O) groups is 1. The molecule has 2 aliphatic rings. The lowest BCUT2D eigenvalue weighted by molar-refractivity contribution is -0.123. The molecule has 2 atom stereocenters. The summed E-state index contributed by atoms with van der Waals surface area (Å²) in [6.45, 7) is 0.945. The van der Waals surface area contributed by atoms with Gasteiger partial charge in [0.25, 0.3) is 0 Å². The third kappa shape index (κ3) is 3.42. The Balaban J connectivity index is 0.00000147. The van der Waals surface area contributed by atoms with Crippen LogP contribution in [0.3, 0.4) is 0 Å². The van der Waals surface area contributed by atoms with E-state index in [0.29, 0.717) is 0 Å². The maximum atomic E-state index is 12.2. The standard InChI is InChI=1S/C14H17ClN2OS.ClH/c15-9-3-4-13-10(8-9)11(5-7-19-13)17-14(18)12-2-1-6-16-12;/h3-4,8,11-12,16H,1-2,5-7H2,(H,17,18);1H. The van der Waals surface area contributed by atoms with Crippen LogP contribution in [0, 0.1) is 0 Å². The Kier molecular flexibility index (Phi) is 5.61. The lowest BCUT2D eigenvalue weighted by Crippen LogP contribution is -2.42. The molecule has 0 spiro atoms. The largest absolute Gasteiger partial charge is 0.348 e. The summed E-state index contributed by atoms with van der Waals surface area (Å²) in [4.78, 5) is 13.4. The molecule has 0 bridgehead atoms. The van der Waals surface area contributed by atoms with Gasteiger partial charge in [-0.05, 0) is 49.6 Å². The molecule has 1 aromatic rings. The van der Waals surface area contributed by atoms with Crippen molar-refractivity contribution in [3.63, 3.8) is 0 Å². The number of carbonyl (C=O) groups excluding carboxylic acids is 1. The van der Waals surface area contributed by atoms with E-state index in [1.807, 2.05) is 23.9 Å². The fourth-order valence-corrected chi connectivity index (χ4v) is 3.98. The molecule has 1 saturated heterocycles. The second kappa shape index (κ2) is 7.03. The molecule has 3 nitrogen and oxygen atoms in total. The molecule has 1 amide bonds.